The van der Waals surface area contributed by atoms with Crippen molar-refractivity contribution in [3.05, 3.63) is 0 Å². The molecule has 16 heavy (non-hydrogen) atoms. The van der Waals surface area contributed by atoms with Crippen LogP contribution in [-0.4, -0.2) is 48.1 Å². The Labute approximate surface area is 95.8 Å². The first-order valence-electron chi connectivity index (χ1n) is 5.86. The largest absolute Gasteiger partial charge is 0.480 e. The monoisotopic (exact) mass is 228 g/mol. The average Bonchev–Trinajstić information content (AvgIpc) is 2.28. The number of carboxylic acids is 1. The molecule has 0 spiro atoms. The van der Waals surface area contributed by atoms with Gasteiger partial charge in [-0.2, -0.15) is 0 Å². The first-order valence-corrected chi connectivity index (χ1v) is 5.86. The molecule has 0 aliphatic carbocycles. The highest BCUT2D eigenvalue weighted by Crippen LogP contribution is 2.13. The van der Waals surface area contributed by atoms with Crippen LogP contribution in [0.25, 0.3) is 0 Å². The molecule has 1 amide bonds. The maximum Gasteiger partial charge on any atom is 0.323 e. The summed E-state index contributed by atoms with van der Waals surface area (Å²) in [6.07, 6.45) is 2.65. The van der Waals surface area contributed by atoms with E-state index in [0.29, 0.717) is 13.1 Å². The van der Waals surface area contributed by atoms with E-state index < -0.39 is 5.97 Å². The number of amides is 1. The van der Waals surface area contributed by atoms with Gasteiger partial charge >= 0.3 is 5.97 Å². The Bertz CT molecular complexity index is 250. The Balaban J connectivity index is 2.54. The van der Waals surface area contributed by atoms with Crippen LogP contribution in [-0.2, 0) is 9.59 Å². The molecule has 0 radical (unpaired) electrons. The lowest BCUT2D eigenvalue weighted by atomic mass is 9.98. The fraction of sp³-hybridized carbons (Fsp3) is 0.818. The number of carbonyl (C=O) groups is 2. The fourth-order valence-electron chi connectivity index (χ4n) is 2.02. The molecule has 0 aromatic carbocycles. The van der Waals surface area contributed by atoms with Gasteiger partial charge in [0.15, 0.2) is 0 Å². The van der Waals surface area contributed by atoms with Crippen molar-refractivity contribution in [1.29, 1.82) is 0 Å². The number of aliphatic carboxylic acids is 1. The maximum absolute atomic E-state index is 12.0. The Kier molecular flexibility index (Phi) is 5.25. The molecule has 1 heterocycles. The van der Waals surface area contributed by atoms with E-state index in [9.17, 15) is 9.59 Å². The van der Waals surface area contributed by atoms with E-state index >= 15 is 0 Å². The Morgan fingerprint density at radius 3 is 2.75 bits per heavy atom. The highest BCUT2D eigenvalue weighted by atomic mass is 16.4. The summed E-state index contributed by atoms with van der Waals surface area (Å²) in [6.45, 7) is 3.93. The van der Waals surface area contributed by atoms with Gasteiger partial charge in [-0.25, -0.2) is 0 Å². The molecule has 1 aliphatic rings. The van der Waals surface area contributed by atoms with Crippen molar-refractivity contribution in [2.24, 2.45) is 5.92 Å². The summed E-state index contributed by atoms with van der Waals surface area (Å²) in [5.41, 5.74) is 0. The number of nitrogens with zero attached hydrogens (tertiary/aromatic N) is 1. The first-order chi connectivity index (χ1) is 7.65. The number of nitrogens with one attached hydrogen (secondary N) is 1. The number of carboxylic acid groups (broad SMARTS) is 1. The van der Waals surface area contributed by atoms with Crippen molar-refractivity contribution >= 4 is 11.9 Å². The van der Waals surface area contributed by atoms with Gasteiger partial charge in [-0.3, -0.25) is 9.59 Å². The van der Waals surface area contributed by atoms with Crippen LogP contribution >= 0.6 is 0 Å². The number of hydrogen-bond donors (Lipinski definition) is 2. The van der Waals surface area contributed by atoms with E-state index in [4.69, 9.17) is 5.11 Å². The summed E-state index contributed by atoms with van der Waals surface area (Å²) in [5.74, 6) is -0.998. The van der Waals surface area contributed by atoms with E-state index in [1.54, 1.807) is 0 Å². The Hall–Kier alpha value is -1.10. The molecule has 1 saturated heterocycles. The minimum atomic E-state index is -0.939. The molecule has 1 rings (SSSR count). The van der Waals surface area contributed by atoms with Crippen LogP contribution in [0.15, 0.2) is 0 Å². The van der Waals surface area contributed by atoms with Crippen LogP contribution in [0.5, 0.6) is 0 Å². The smallest absolute Gasteiger partial charge is 0.323 e. The second-order valence-electron chi connectivity index (χ2n) is 4.20. The maximum atomic E-state index is 12.0. The van der Waals surface area contributed by atoms with Gasteiger partial charge in [-0.15, -0.1) is 0 Å². The van der Waals surface area contributed by atoms with Gasteiger partial charge < -0.3 is 15.3 Å². The molecule has 92 valence electrons. The topological polar surface area (TPSA) is 69.6 Å². The van der Waals surface area contributed by atoms with Crippen LogP contribution in [0, 0.1) is 5.92 Å². The molecule has 1 fully saturated rings. The zero-order valence-corrected chi connectivity index (χ0v) is 9.74. The van der Waals surface area contributed by atoms with Crippen LogP contribution in [0.3, 0.4) is 0 Å². The van der Waals surface area contributed by atoms with Gasteiger partial charge in [0.05, 0.1) is 5.92 Å². The fourth-order valence-corrected chi connectivity index (χ4v) is 2.02. The molecule has 0 aromatic heterocycles. The standard InChI is InChI=1S/C11H20N2O3/c1-2-6-13(8-10(14)15)11(16)9-4-3-5-12-7-9/h9,12H,2-8H2,1H3,(H,14,15)/t9-/m0/s1. The molecular formula is C11H20N2O3. The molecule has 0 saturated carbocycles. The van der Waals surface area contributed by atoms with Crippen molar-refractivity contribution in [2.45, 2.75) is 26.2 Å². The van der Waals surface area contributed by atoms with E-state index in [2.05, 4.69) is 5.32 Å². The number of carbonyl (C=O) groups excluding carboxylic acids is 1. The molecule has 0 bridgehead atoms. The SMILES string of the molecule is CCCN(CC(=O)O)C(=O)[C@H]1CCCNC1. The van der Waals surface area contributed by atoms with E-state index in [-0.39, 0.29) is 18.4 Å². The average molecular weight is 228 g/mol. The highest BCUT2D eigenvalue weighted by molar-refractivity contribution is 5.83. The molecule has 0 unspecified atom stereocenters. The van der Waals surface area contributed by atoms with Crippen molar-refractivity contribution in [1.82, 2.24) is 10.2 Å². The zero-order valence-electron chi connectivity index (χ0n) is 9.74. The van der Waals surface area contributed by atoms with Crippen LogP contribution in [0.2, 0.25) is 0 Å². The summed E-state index contributed by atoms with van der Waals surface area (Å²) >= 11 is 0. The zero-order chi connectivity index (χ0) is 12.0. The van der Waals surface area contributed by atoms with Crippen molar-refractivity contribution < 1.29 is 14.7 Å². The summed E-state index contributed by atoms with van der Waals surface area (Å²) in [6, 6.07) is 0. The third-order valence-corrected chi connectivity index (χ3v) is 2.78. The lowest BCUT2D eigenvalue weighted by Gasteiger charge is -2.28. The van der Waals surface area contributed by atoms with Gasteiger partial charge in [0, 0.05) is 13.1 Å². The number of rotatable bonds is 5. The van der Waals surface area contributed by atoms with Crippen LogP contribution in [0.4, 0.5) is 0 Å². The predicted octanol–water partition coefficient (Wildman–Crippen LogP) is 0.309. The second kappa shape index (κ2) is 6.48. The molecule has 1 atom stereocenters. The minimum absolute atomic E-state index is 0.0172. The lowest BCUT2D eigenvalue weighted by molar-refractivity contribution is -0.146. The molecule has 1 aliphatic heterocycles. The summed E-state index contributed by atoms with van der Waals surface area (Å²) in [4.78, 5) is 24.2. The molecule has 0 aromatic rings. The van der Waals surface area contributed by atoms with Gasteiger partial charge in [-0.1, -0.05) is 6.92 Å². The molecular weight excluding hydrogens is 208 g/mol. The van der Waals surface area contributed by atoms with Gasteiger partial charge in [0.25, 0.3) is 0 Å². The Morgan fingerprint density at radius 1 is 1.50 bits per heavy atom. The van der Waals surface area contributed by atoms with Gasteiger partial charge in [0.2, 0.25) is 5.91 Å². The second-order valence-corrected chi connectivity index (χ2v) is 4.20. The van der Waals surface area contributed by atoms with E-state index in [1.807, 2.05) is 6.92 Å². The van der Waals surface area contributed by atoms with Crippen molar-refractivity contribution in [2.75, 3.05) is 26.2 Å². The van der Waals surface area contributed by atoms with Crippen LogP contribution in [0.1, 0.15) is 26.2 Å². The highest BCUT2D eigenvalue weighted by Gasteiger charge is 2.26. The lowest BCUT2D eigenvalue weighted by Crippen LogP contribution is -2.45. The summed E-state index contributed by atoms with van der Waals surface area (Å²) in [7, 11) is 0. The number of piperidine rings is 1. The van der Waals surface area contributed by atoms with E-state index in [0.717, 1.165) is 25.8 Å². The van der Waals surface area contributed by atoms with Crippen molar-refractivity contribution in [3.8, 4) is 0 Å². The minimum Gasteiger partial charge on any atom is -0.480 e. The van der Waals surface area contributed by atoms with Crippen LogP contribution < -0.4 is 5.32 Å². The molecule has 2 N–H and O–H groups in total. The molecule has 5 nitrogen and oxygen atoms in total. The molecule has 5 heteroatoms. The van der Waals surface area contributed by atoms with Crippen molar-refractivity contribution in [3.63, 3.8) is 0 Å². The summed E-state index contributed by atoms with van der Waals surface area (Å²) in [5, 5.41) is 11.9. The third-order valence-electron chi connectivity index (χ3n) is 2.78. The van der Waals surface area contributed by atoms with Gasteiger partial charge in [-0.05, 0) is 25.8 Å². The van der Waals surface area contributed by atoms with E-state index in [1.165, 1.54) is 4.90 Å². The Morgan fingerprint density at radius 2 is 2.25 bits per heavy atom. The predicted molar refractivity (Wildman–Crippen MR) is 60.1 cm³/mol. The quantitative estimate of drug-likeness (QED) is 0.710. The van der Waals surface area contributed by atoms with Gasteiger partial charge in [0.1, 0.15) is 6.54 Å². The normalized spacial score (nSPS) is 20.4. The first kappa shape index (κ1) is 13.0. The number of hydrogen-bond acceptors (Lipinski definition) is 3. The third kappa shape index (κ3) is 3.81. The summed E-state index contributed by atoms with van der Waals surface area (Å²) < 4.78 is 0.